The van der Waals surface area contributed by atoms with E-state index in [9.17, 15) is 0 Å². The lowest BCUT2D eigenvalue weighted by molar-refractivity contribution is 0.746. The number of nitrogens with zero attached hydrogens (tertiary/aromatic N) is 7. The molecule has 3 heterocycles. The van der Waals surface area contributed by atoms with Gasteiger partial charge in [-0.15, -0.1) is 10.2 Å². The maximum Gasteiger partial charge on any atom is 0.157 e. The molecule has 7 heteroatoms. The number of rotatable bonds is 2. The van der Waals surface area contributed by atoms with Crippen molar-refractivity contribution < 1.29 is 0 Å². The summed E-state index contributed by atoms with van der Waals surface area (Å²) in [4.78, 5) is 4.52. The maximum atomic E-state index is 4.52. The highest BCUT2D eigenvalue weighted by Crippen LogP contribution is 2.12. The number of aryl methyl sites for hydroxylation is 3. The molecule has 7 nitrogen and oxygen atoms in total. The SMILES string of the molecule is Cc1cc(-n2cc(C)nn2)nc(-n2cc(C)nn2)c1. The van der Waals surface area contributed by atoms with Crippen molar-refractivity contribution in [1.29, 1.82) is 0 Å². The van der Waals surface area contributed by atoms with Gasteiger partial charge in [0.05, 0.1) is 23.8 Å². The highest BCUT2D eigenvalue weighted by Gasteiger charge is 2.07. The van der Waals surface area contributed by atoms with Crippen molar-refractivity contribution in [2.24, 2.45) is 0 Å². The van der Waals surface area contributed by atoms with Gasteiger partial charge < -0.3 is 0 Å². The summed E-state index contributed by atoms with van der Waals surface area (Å²) in [7, 11) is 0. The van der Waals surface area contributed by atoms with Gasteiger partial charge in [0.15, 0.2) is 11.6 Å². The average Bonchev–Trinajstić information content (AvgIpc) is 2.97. The van der Waals surface area contributed by atoms with Crippen LogP contribution in [0, 0.1) is 20.8 Å². The van der Waals surface area contributed by atoms with Gasteiger partial charge in [-0.2, -0.15) is 0 Å². The second kappa shape index (κ2) is 4.27. The second-order valence-corrected chi connectivity index (χ2v) is 4.47. The van der Waals surface area contributed by atoms with Crippen LogP contribution in [-0.4, -0.2) is 35.0 Å². The van der Waals surface area contributed by atoms with Crippen molar-refractivity contribution in [2.45, 2.75) is 20.8 Å². The molecular weight excluding hydrogens is 242 g/mol. The fraction of sp³-hybridized carbons (Fsp3) is 0.250. The van der Waals surface area contributed by atoms with Gasteiger partial charge in [-0.05, 0) is 38.5 Å². The van der Waals surface area contributed by atoms with Crippen LogP contribution in [0.4, 0.5) is 0 Å². The lowest BCUT2D eigenvalue weighted by Gasteiger charge is -2.05. The van der Waals surface area contributed by atoms with Gasteiger partial charge in [0.2, 0.25) is 0 Å². The molecule has 0 aromatic carbocycles. The van der Waals surface area contributed by atoms with E-state index in [-0.39, 0.29) is 0 Å². The third-order valence-corrected chi connectivity index (χ3v) is 2.63. The summed E-state index contributed by atoms with van der Waals surface area (Å²) in [6.45, 7) is 5.78. The van der Waals surface area contributed by atoms with Gasteiger partial charge in [0, 0.05) is 0 Å². The zero-order valence-corrected chi connectivity index (χ0v) is 10.9. The van der Waals surface area contributed by atoms with Crippen LogP contribution in [0.3, 0.4) is 0 Å². The Morgan fingerprint density at radius 1 is 0.789 bits per heavy atom. The molecule has 0 aliphatic carbocycles. The summed E-state index contributed by atoms with van der Waals surface area (Å²) in [6.07, 6.45) is 3.66. The Balaban J connectivity index is 2.10. The summed E-state index contributed by atoms with van der Waals surface area (Å²) in [5.74, 6) is 1.42. The quantitative estimate of drug-likeness (QED) is 0.687. The molecule has 0 spiro atoms. The minimum atomic E-state index is 0.712. The zero-order valence-electron chi connectivity index (χ0n) is 10.9. The molecule has 19 heavy (non-hydrogen) atoms. The largest absolute Gasteiger partial charge is 0.209 e. The Morgan fingerprint density at radius 2 is 1.26 bits per heavy atom. The first kappa shape index (κ1) is 11.5. The van der Waals surface area contributed by atoms with Crippen LogP contribution < -0.4 is 0 Å². The third kappa shape index (κ3) is 2.22. The molecular formula is C12H13N7. The number of hydrogen-bond acceptors (Lipinski definition) is 5. The van der Waals surface area contributed by atoms with Crippen LogP contribution in [0.1, 0.15) is 17.0 Å². The predicted octanol–water partition coefficient (Wildman–Crippen LogP) is 1.17. The first-order chi connectivity index (χ1) is 9.11. The summed E-state index contributed by atoms with van der Waals surface area (Å²) < 4.78 is 3.30. The van der Waals surface area contributed by atoms with E-state index in [2.05, 4.69) is 25.6 Å². The van der Waals surface area contributed by atoms with E-state index in [1.54, 1.807) is 9.36 Å². The van der Waals surface area contributed by atoms with Crippen molar-refractivity contribution in [1.82, 2.24) is 35.0 Å². The normalized spacial score (nSPS) is 10.9. The smallest absolute Gasteiger partial charge is 0.157 e. The van der Waals surface area contributed by atoms with Gasteiger partial charge in [-0.1, -0.05) is 10.4 Å². The minimum Gasteiger partial charge on any atom is -0.209 e. The van der Waals surface area contributed by atoms with Crippen LogP contribution in [0.15, 0.2) is 24.5 Å². The third-order valence-electron chi connectivity index (χ3n) is 2.63. The van der Waals surface area contributed by atoms with Crippen LogP contribution in [0.5, 0.6) is 0 Å². The molecule has 0 N–H and O–H groups in total. The predicted molar refractivity (Wildman–Crippen MR) is 68.3 cm³/mol. The maximum absolute atomic E-state index is 4.52. The van der Waals surface area contributed by atoms with Crippen molar-refractivity contribution in [3.8, 4) is 11.6 Å². The molecule has 0 aliphatic rings. The van der Waals surface area contributed by atoms with E-state index >= 15 is 0 Å². The first-order valence-corrected chi connectivity index (χ1v) is 5.89. The fourth-order valence-corrected chi connectivity index (χ4v) is 1.78. The van der Waals surface area contributed by atoms with Crippen LogP contribution >= 0.6 is 0 Å². The molecule has 0 fully saturated rings. The molecule has 0 radical (unpaired) electrons. The first-order valence-electron chi connectivity index (χ1n) is 5.89. The molecule has 0 unspecified atom stereocenters. The Labute approximate surface area is 109 Å². The van der Waals surface area contributed by atoms with E-state index in [0.717, 1.165) is 17.0 Å². The number of hydrogen-bond donors (Lipinski definition) is 0. The Kier molecular flexibility index (Phi) is 2.59. The van der Waals surface area contributed by atoms with E-state index in [4.69, 9.17) is 0 Å². The highest BCUT2D eigenvalue weighted by molar-refractivity contribution is 5.35. The minimum absolute atomic E-state index is 0.712. The molecule has 96 valence electrons. The highest BCUT2D eigenvalue weighted by atomic mass is 15.5. The average molecular weight is 255 g/mol. The molecule has 0 bridgehead atoms. The Morgan fingerprint density at radius 3 is 1.63 bits per heavy atom. The van der Waals surface area contributed by atoms with Crippen molar-refractivity contribution in [3.63, 3.8) is 0 Å². The Hall–Kier alpha value is -2.57. The van der Waals surface area contributed by atoms with E-state index in [1.165, 1.54) is 0 Å². The van der Waals surface area contributed by atoms with E-state index < -0.39 is 0 Å². The number of aromatic nitrogens is 7. The summed E-state index contributed by atoms with van der Waals surface area (Å²) in [6, 6.07) is 3.89. The molecule has 0 amide bonds. The summed E-state index contributed by atoms with van der Waals surface area (Å²) in [5.41, 5.74) is 2.77. The Bertz CT molecular complexity index is 667. The van der Waals surface area contributed by atoms with Gasteiger partial charge in [-0.3, -0.25) is 0 Å². The molecule has 3 aromatic heterocycles. The topological polar surface area (TPSA) is 74.3 Å². The van der Waals surface area contributed by atoms with E-state index in [1.807, 2.05) is 45.3 Å². The fourth-order valence-electron chi connectivity index (χ4n) is 1.78. The van der Waals surface area contributed by atoms with Crippen molar-refractivity contribution in [2.75, 3.05) is 0 Å². The van der Waals surface area contributed by atoms with Crippen LogP contribution in [0.2, 0.25) is 0 Å². The van der Waals surface area contributed by atoms with Crippen LogP contribution in [-0.2, 0) is 0 Å². The zero-order chi connectivity index (χ0) is 13.4. The lowest BCUT2D eigenvalue weighted by atomic mass is 10.3. The van der Waals surface area contributed by atoms with Gasteiger partial charge in [0.25, 0.3) is 0 Å². The standard InChI is InChI=1S/C12H13N7/c1-8-4-11(18-6-9(2)14-16-18)13-12(5-8)19-7-10(3)15-17-19/h4-7H,1-3H3. The van der Waals surface area contributed by atoms with Crippen LogP contribution in [0.25, 0.3) is 11.6 Å². The molecule has 0 saturated carbocycles. The van der Waals surface area contributed by atoms with Gasteiger partial charge in [0.1, 0.15) is 0 Å². The molecule has 3 aromatic rings. The molecule has 3 rings (SSSR count). The van der Waals surface area contributed by atoms with Crippen molar-refractivity contribution >= 4 is 0 Å². The van der Waals surface area contributed by atoms with E-state index in [0.29, 0.717) is 11.6 Å². The molecule has 0 aliphatic heterocycles. The second-order valence-electron chi connectivity index (χ2n) is 4.47. The molecule has 0 saturated heterocycles. The lowest BCUT2D eigenvalue weighted by Crippen LogP contribution is -2.05. The summed E-state index contributed by atoms with van der Waals surface area (Å²) >= 11 is 0. The summed E-state index contributed by atoms with van der Waals surface area (Å²) in [5, 5.41) is 16.0. The number of pyridine rings is 1. The van der Waals surface area contributed by atoms with Crippen molar-refractivity contribution in [3.05, 3.63) is 41.5 Å². The molecule has 0 atom stereocenters. The van der Waals surface area contributed by atoms with Gasteiger partial charge in [-0.25, -0.2) is 14.3 Å². The monoisotopic (exact) mass is 255 g/mol. The van der Waals surface area contributed by atoms with Gasteiger partial charge >= 0.3 is 0 Å².